The molecule has 12 heteroatoms. The summed E-state index contributed by atoms with van der Waals surface area (Å²) in [6, 6.07) is 3.91. The molecular formula is C19H21FN4O5S2. The van der Waals surface area contributed by atoms with E-state index in [1.807, 2.05) is 0 Å². The van der Waals surface area contributed by atoms with Gasteiger partial charge in [0.2, 0.25) is 5.91 Å². The number of nitrogens with zero attached hydrogens (tertiary/aromatic N) is 3. The molecule has 1 saturated heterocycles. The van der Waals surface area contributed by atoms with Crippen molar-refractivity contribution in [1.82, 2.24) is 9.29 Å². The third-order valence-electron chi connectivity index (χ3n) is 5.34. The molecule has 2 aliphatic heterocycles. The third kappa shape index (κ3) is 4.14. The zero-order valence-electron chi connectivity index (χ0n) is 16.7. The molecule has 0 aliphatic carbocycles. The molecule has 1 aromatic heterocycles. The SMILES string of the molecule is Cc1nc(CC(N)=O)sc1S(=O)(=O)N1CCC(N2C(=O)OCc3cc(F)ccc32)CC1. The van der Waals surface area contributed by atoms with Crippen LogP contribution in [0.3, 0.4) is 0 Å². The molecule has 2 N–H and O–H groups in total. The minimum atomic E-state index is -3.79. The van der Waals surface area contributed by atoms with E-state index in [-0.39, 0.29) is 36.4 Å². The van der Waals surface area contributed by atoms with E-state index in [1.54, 1.807) is 13.0 Å². The Bertz CT molecular complexity index is 1140. The van der Waals surface area contributed by atoms with Crippen LogP contribution in [0.1, 0.15) is 29.1 Å². The van der Waals surface area contributed by atoms with Crippen molar-refractivity contribution in [3.63, 3.8) is 0 Å². The van der Waals surface area contributed by atoms with Crippen LogP contribution in [0.15, 0.2) is 22.4 Å². The van der Waals surface area contributed by atoms with Crippen molar-refractivity contribution in [1.29, 1.82) is 0 Å². The molecule has 0 bridgehead atoms. The molecule has 31 heavy (non-hydrogen) atoms. The van der Waals surface area contributed by atoms with Crippen LogP contribution in [-0.2, 0) is 32.6 Å². The summed E-state index contributed by atoms with van der Waals surface area (Å²) in [6.45, 7) is 2.00. The molecule has 9 nitrogen and oxygen atoms in total. The van der Waals surface area contributed by atoms with E-state index in [2.05, 4.69) is 4.98 Å². The number of amides is 2. The van der Waals surface area contributed by atoms with Gasteiger partial charge >= 0.3 is 6.09 Å². The van der Waals surface area contributed by atoms with Gasteiger partial charge in [-0.15, -0.1) is 11.3 Å². The van der Waals surface area contributed by atoms with Crippen molar-refractivity contribution >= 4 is 39.0 Å². The number of sulfonamides is 1. The van der Waals surface area contributed by atoms with Gasteiger partial charge in [-0.1, -0.05) is 0 Å². The van der Waals surface area contributed by atoms with Crippen LogP contribution in [0.5, 0.6) is 0 Å². The Labute approximate surface area is 182 Å². The second-order valence-electron chi connectivity index (χ2n) is 7.46. The van der Waals surface area contributed by atoms with Crippen LogP contribution >= 0.6 is 11.3 Å². The summed E-state index contributed by atoms with van der Waals surface area (Å²) < 4.78 is 46.4. The average molecular weight is 469 g/mol. The third-order valence-corrected chi connectivity index (χ3v) is 8.98. The molecule has 1 aromatic carbocycles. The van der Waals surface area contributed by atoms with E-state index >= 15 is 0 Å². The van der Waals surface area contributed by atoms with E-state index in [0.29, 0.717) is 34.8 Å². The first-order chi connectivity index (χ1) is 14.7. The smallest absolute Gasteiger partial charge is 0.414 e. The van der Waals surface area contributed by atoms with Crippen LogP contribution in [0.25, 0.3) is 0 Å². The van der Waals surface area contributed by atoms with Gasteiger partial charge < -0.3 is 10.5 Å². The van der Waals surface area contributed by atoms with E-state index < -0.39 is 27.8 Å². The van der Waals surface area contributed by atoms with Gasteiger partial charge in [0.1, 0.15) is 17.4 Å². The molecule has 0 spiro atoms. The number of fused-ring (bicyclic) bond motifs is 1. The van der Waals surface area contributed by atoms with Crippen LogP contribution in [0.4, 0.5) is 14.9 Å². The average Bonchev–Trinajstić information content (AvgIpc) is 3.08. The highest BCUT2D eigenvalue weighted by Gasteiger charge is 2.38. The summed E-state index contributed by atoms with van der Waals surface area (Å²) >= 11 is 0.948. The van der Waals surface area contributed by atoms with Gasteiger partial charge in [0.25, 0.3) is 10.0 Å². The van der Waals surface area contributed by atoms with Gasteiger partial charge in [-0.3, -0.25) is 9.69 Å². The first kappa shape index (κ1) is 21.7. The number of aromatic nitrogens is 1. The summed E-state index contributed by atoms with van der Waals surface area (Å²) in [4.78, 5) is 29.2. The molecule has 0 unspecified atom stereocenters. The highest BCUT2D eigenvalue weighted by molar-refractivity contribution is 7.91. The molecule has 4 rings (SSSR count). The first-order valence-corrected chi connectivity index (χ1v) is 11.9. The number of aryl methyl sites for hydroxylation is 1. The highest BCUT2D eigenvalue weighted by Crippen LogP contribution is 2.34. The Balaban J connectivity index is 1.51. The quantitative estimate of drug-likeness (QED) is 0.715. The number of hydrogen-bond acceptors (Lipinski definition) is 7. The second-order valence-corrected chi connectivity index (χ2v) is 10.7. The predicted octanol–water partition coefficient (Wildman–Crippen LogP) is 1.93. The number of primary amides is 1. The summed E-state index contributed by atoms with van der Waals surface area (Å²) in [5.41, 5.74) is 6.68. The molecule has 3 heterocycles. The summed E-state index contributed by atoms with van der Waals surface area (Å²) in [7, 11) is -3.79. The summed E-state index contributed by atoms with van der Waals surface area (Å²) in [5.74, 6) is -0.986. The Morgan fingerprint density at radius 3 is 2.74 bits per heavy atom. The zero-order chi connectivity index (χ0) is 22.3. The molecule has 1 fully saturated rings. The van der Waals surface area contributed by atoms with Crippen molar-refractivity contribution in [2.24, 2.45) is 5.73 Å². The number of anilines is 1. The molecule has 0 saturated carbocycles. The summed E-state index contributed by atoms with van der Waals surface area (Å²) in [6.07, 6.45) is 0.170. The van der Waals surface area contributed by atoms with Crippen molar-refractivity contribution in [2.45, 2.75) is 43.0 Å². The van der Waals surface area contributed by atoms with Crippen LogP contribution in [0.2, 0.25) is 0 Å². The molecule has 2 amide bonds. The molecular weight excluding hydrogens is 447 g/mol. The fourth-order valence-corrected chi connectivity index (χ4v) is 7.09. The topological polar surface area (TPSA) is 123 Å². The van der Waals surface area contributed by atoms with E-state index in [1.165, 1.54) is 21.3 Å². The number of piperidine rings is 1. The maximum atomic E-state index is 13.5. The number of cyclic esters (lactones) is 1. The number of ether oxygens (including phenoxy) is 1. The van der Waals surface area contributed by atoms with Crippen molar-refractivity contribution in [2.75, 3.05) is 18.0 Å². The lowest BCUT2D eigenvalue weighted by molar-refractivity contribution is -0.117. The number of nitrogens with two attached hydrogens (primary N) is 1. The molecule has 0 atom stereocenters. The highest BCUT2D eigenvalue weighted by atomic mass is 32.2. The number of halogens is 1. The Morgan fingerprint density at radius 2 is 2.06 bits per heavy atom. The van der Waals surface area contributed by atoms with E-state index in [9.17, 15) is 22.4 Å². The van der Waals surface area contributed by atoms with Gasteiger partial charge in [0, 0.05) is 24.7 Å². The Kier molecular flexibility index (Phi) is 5.71. The van der Waals surface area contributed by atoms with Crippen LogP contribution in [-0.4, -0.2) is 48.8 Å². The fourth-order valence-electron chi connectivity index (χ4n) is 3.92. The lowest BCUT2D eigenvalue weighted by Gasteiger charge is -2.39. The van der Waals surface area contributed by atoms with Crippen molar-refractivity contribution < 1.29 is 27.1 Å². The fraction of sp³-hybridized carbons (Fsp3) is 0.421. The van der Waals surface area contributed by atoms with Gasteiger partial charge in [-0.25, -0.2) is 22.6 Å². The molecule has 0 radical (unpaired) electrons. The van der Waals surface area contributed by atoms with E-state index in [4.69, 9.17) is 10.5 Å². The number of benzene rings is 1. The molecule has 2 aliphatic rings. The number of rotatable bonds is 5. The predicted molar refractivity (Wildman–Crippen MR) is 111 cm³/mol. The van der Waals surface area contributed by atoms with Crippen LogP contribution in [0, 0.1) is 12.7 Å². The normalized spacial score (nSPS) is 18.0. The number of hydrogen-bond donors (Lipinski definition) is 1. The number of carbonyl (C=O) groups excluding carboxylic acids is 2. The minimum absolute atomic E-state index is 0.00788. The van der Waals surface area contributed by atoms with Gasteiger partial charge in [0.15, 0.2) is 4.21 Å². The Hall–Kier alpha value is -2.57. The monoisotopic (exact) mass is 468 g/mol. The minimum Gasteiger partial charge on any atom is -0.444 e. The van der Waals surface area contributed by atoms with Gasteiger partial charge in [0.05, 0.1) is 17.8 Å². The van der Waals surface area contributed by atoms with Crippen molar-refractivity contribution in [3.8, 4) is 0 Å². The summed E-state index contributed by atoms with van der Waals surface area (Å²) in [5, 5.41) is 0.360. The standard InChI is InChI=1S/C19H21FN4O5S2/c1-11-18(30-17(22-11)9-16(21)25)31(27,28)23-6-4-14(5-7-23)24-15-3-2-13(20)8-12(15)10-29-19(24)26/h2-3,8,14H,4-7,9-10H2,1H3,(H2,21,25). The van der Waals surface area contributed by atoms with E-state index in [0.717, 1.165) is 11.3 Å². The lowest BCUT2D eigenvalue weighted by Crippen LogP contribution is -2.50. The number of carbonyl (C=O) groups is 2. The zero-order valence-corrected chi connectivity index (χ0v) is 18.3. The van der Waals surface area contributed by atoms with Gasteiger partial charge in [-0.05, 0) is 38.0 Å². The first-order valence-electron chi connectivity index (χ1n) is 9.66. The second kappa shape index (κ2) is 8.17. The Morgan fingerprint density at radius 1 is 1.35 bits per heavy atom. The van der Waals surface area contributed by atoms with Crippen molar-refractivity contribution in [3.05, 3.63) is 40.3 Å². The number of thiazole rings is 1. The van der Waals surface area contributed by atoms with Crippen LogP contribution < -0.4 is 10.6 Å². The molecule has 166 valence electrons. The molecule has 2 aromatic rings. The van der Waals surface area contributed by atoms with Gasteiger partial charge in [-0.2, -0.15) is 4.31 Å². The maximum Gasteiger partial charge on any atom is 0.414 e. The lowest BCUT2D eigenvalue weighted by atomic mass is 10.0. The maximum absolute atomic E-state index is 13.5. The largest absolute Gasteiger partial charge is 0.444 e.